The number of rotatable bonds is 6. The minimum absolute atomic E-state index is 0.787. The van der Waals surface area contributed by atoms with Crippen molar-refractivity contribution in [2.75, 3.05) is 45.9 Å². The van der Waals surface area contributed by atoms with Gasteiger partial charge in [-0.3, -0.25) is 0 Å². The van der Waals surface area contributed by atoms with Crippen molar-refractivity contribution in [2.24, 2.45) is 11.8 Å². The second-order valence-corrected chi connectivity index (χ2v) is 5.48. The molecule has 1 saturated heterocycles. The van der Waals surface area contributed by atoms with Crippen molar-refractivity contribution in [2.45, 2.75) is 26.2 Å². The fraction of sp³-hybridized carbons (Fsp3) is 1.00. The van der Waals surface area contributed by atoms with Gasteiger partial charge in [0.1, 0.15) is 0 Å². The summed E-state index contributed by atoms with van der Waals surface area (Å²) in [4.78, 5) is 2.57. The highest BCUT2D eigenvalue weighted by Crippen LogP contribution is 2.28. The highest BCUT2D eigenvalue weighted by Gasteiger charge is 2.21. The number of nitrogens with one attached hydrogen (secondary N) is 1. The van der Waals surface area contributed by atoms with Crippen LogP contribution in [-0.2, 0) is 4.74 Å². The number of ether oxygens (including phenoxy) is 1. The highest BCUT2D eigenvalue weighted by atomic mass is 16.5. The van der Waals surface area contributed by atoms with E-state index in [1.807, 2.05) is 0 Å². The third-order valence-electron chi connectivity index (χ3n) is 3.48. The first-order valence-electron chi connectivity index (χ1n) is 6.85. The lowest BCUT2D eigenvalue weighted by atomic mass is 10.2. The molecule has 2 fully saturated rings. The molecule has 0 bridgehead atoms. The predicted octanol–water partition coefficient (Wildman–Crippen LogP) is 1.34. The van der Waals surface area contributed by atoms with Gasteiger partial charge in [0.25, 0.3) is 0 Å². The number of nitrogens with zero attached hydrogens (tertiary/aromatic N) is 1. The van der Waals surface area contributed by atoms with Crippen molar-refractivity contribution in [1.82, 2.24) is 10.2 Å². The van der Waals surface area contributed by atoms with Gasteiger partial charge in [-0.15, -0.1) is 0 Å². The van der Waals surface area contributed by atoms with E-state index in [1.165, 1.54) is 45.4 Å². The van der Waals surface area contributed by atoms with Crippen molar-refractivity contribution in [1.29, 1.82) is 0 Å². The molecule has 2 aliphatic rings. The summed E-state index contributed by atoms with van der Waals surface area (Å²) in [6.07, 6.45) is 3.99. The highest BCUT2D eigenvalue weighted by molar-refractivity contribution is 4.72. The van der Waals surface area contributed by atoms with Gasteiger partial charge in [-0.1, -0.05) is 6.92 Å². The molecular weight excluding hydrogens is 200 g/mol. The van der Waals surface area contributed by atoms with Crippen LogP contribution in [0, 0.1) is 11.8 Å². The van der Waals surface area contributed by atoms with Crippen LogP contribution in [0.2, 0.25) is 0 Å². The van der Waals surface area contributed by atoms with E-state index >= 15 is 0 Å². The number of hydrogen-bond acceptors (Lipinski definition) is 3. The minimum atomic E-state index is 0.787. The van der Waals surface area contributed by atoms with E-state index in [1.54, 1.807) is 0 Å². The molecule has 16 heavy (non-hydrogen) atoms. The average molecular weight is 226 g/mol. The Hall–Kier alpha value is -0.120. The molecule has 3 nitrogen and oxygen atoms in total. The van der Waals surface area contributed by atoms with Gasteiger partial charge in [0, 0.05) is 39.4 Å². The van der Waals surface area contributed by atoms with E-state index in [9.17, 15) is 0 Å². The molecule has 1 saturated carbocycles. The molecule has 1 N–H and O–H groups in total. The molecule has 1 aliphatic heterocycles. The largest absolute Gasteiger partial charge is 0.381 e. The van der Waals surface area contributed by atoms with Crippen LogP contribution in [0.5, 0.6) is 0 Å². The maximum absolute atomic E-state index is 5.66. The predicted molar refractivity (Wildman–Crippen MR) is 66.6 cm³/mol. The van der Waals surface area contributed by atoms with Crippen molar-refractivity contribution >= 4 is 0 Å². The third kappa shape index (κ3) is 4.81. The molecule has 0 aromatic rings. The SMILES string of the molecule is CC1CNCCN(CCCOCC2CC2)C1. The maximum Gasteiger partial charge on any atom is 0.0494 e. The summed E-state index contributed by atoms with van der Waals surface area (Å²) >= 11 is 0. The first-order valence-corrected chi connectivity index (χ1v) is 6.85. The Morgan fingerprint density at radius 3 is 3.06 bits per heavy atom. The molecule has 1 aliphatic carbocycles. The standard InChI is InChI=1S/C13H26N2O/c1-12-9-14-5-7-15(10-12)6-2-8-16-11-13-3-4-13/h12-14H,2-11H2,1H3. The molecular formula is C13H26N2O. The van der Waals surface area contributed by atoms with Gasteiger partial charge < -0.3 is 15.0 Å². The zero-order chi connectivity index (χ0) is 11.2. The van der Waals surface area contributed by atoms with Crippen molar-refractivity contribution in [3.63, 3.8) is 0 Å². The van der Waals surface area contributed by atoms with Crippen molar-refractivity contribution in [3.8, 4) is 0 Å². The minimum Gasteiger partial charge on any atom is -0.381 e. The van der Waals surface area contributed by atoms with Gasteiger partial charge in [0.2, 0.25) is 0 Å². The summed E-state index contributed by atoms with van der Waals surface area (Å²) in [6.45, 7) is 10.3. The normalized spacial score (nSPS) is 27.9. The molecule has 0 spiro atoms. The summed E-state index contributed by atoms with van der Waals surface area (Å²) < 4.78 is 5.66. The Morgan fingerprint density at radius 2 is 2.25 bits per heavy atom. The first kappa shape index (κ1) is 12.3. The Kier molecular flexibility index (Phi) is 5.07. The van der Waals surface area contributed by atoms with E-state index in [2.05, 4.69) is 17.1 Å². The van der Waals surface area contributed by atoms with Crippen LogP contribution in [-0.4, -0.2) is 50.8 Å². The Morgan fingerprint density at radius 1 is 1.38 bits per heavy atom. The van der Waals surface area contributed by atoms with Crippen molar-refractivity contribution < 1.29 is 4.74 Å². The monoisotopic (exact) mass is 226 g/mol. The van der Waals surface area contributed by atoms with E-state index in [4.69, 9.17) is 4.74 Å². The Balaban J connectivity index is 1.49. The van der Waals surface area contributed by atoms with Gasteiger partial charge in [-0.25, -0.2) is 0 Å². The van der Waals surface area contributed by atoms with Gasteiger partial charge >= 0.3 is 0 Å². The van der Waals surface area contributed by atoms with Crippen LogP contribution in [0.25, 0.3) is 0 Å². The molecule has 0 amide bonds. The van der Waals surface area contributed by atoms with Crippen LogP contribution in [0.4, 0.5) is 0 Å². The second-order valence-electron chi connectivity index (χ2n) is 5.48. The van der Waals surface area contributed by atoms with Crippen LogP contribution in [0.15, 0.2) is 0 Å². The van der Waals surface area contributed by atoms with E-state index in [0.29, 0.717) is 0 Å². The van der Waals surface area contributed by atoms with Crippen LogP contribution >= 0.6 is 0 Å². The molecule has 3 heteroatoms. The maximum atomic E-state index is 5.66. The third-order valence-corrected chi connectivity index (χ3v) is 3.48. The fourth-order valence-corrected chi connectivity index (χ4v) is 2.31. The van der Waals surface area contributed by atoms with Crippen LogP contribution in [0.1, 0.15) is 26.2 Å². The van der Waals surface area contributed by atoms with Crippen LogP contribution in [0.3, 0.4) is 0 Å². The van der Waals surface area contributed by atoms with E-state index < -0.39 is 0 Å². The molecule has 1 atom stereocenters. The first-order chi connectivity index (χ1) is 7.84. The quantitative estimate of drug-likeness (QED) is 0.692. The molecule has 0 aromatic carbocycles. The zero-order valence-electron chi connectivity index (χ0n) is 10.6. The second kappa shape index (κ2) is 6.58. The lowest BCUT2D eigenvalue weighted by molar-refractivity contribution is 0.111. The summed E-state index contributed by atoms with van der Waals surface area (Å²) in [7, 11) is 0. The lowest BCUT2D eigenvalue weighted by Gasteiger charge is -2.21. The smallest absolute Gasteiger partial charge is 0.0494 e. The molecule has 2 rings (SSSR count). The zero-order valence-corrected chi connectivity index (χ0v) is 10.6. The van der Waals surface area contributed by atoms with Gasteiger partial charge in [-0.2, -0.15) is 0 Å². The molecule has 94 valence electrons. The molecule has 0 aromatic heterocycles. The summed E-state index contributed by atoms with van der Waals surface area (Å²) in [5, 5.41) is 3.48. The van der Waals surface area contributed by atoms with Gasteiger partial charge in [-0.05, 0) is 37.6 Å². The van der Waals surface area contributed by atoms with Crippen LogP contribution < -0.4 is 5.32 Å². The summed E-state index contributed by atoms with van der Waals surface area (Å²) in [6, 6.07) is 0. The Bertz CT molecular complexity index is 194. The Labute approximate surface area is 99.5 Å². The fourth-order valence-electron chi connectivity index (χ4n) is 2.31. The molecule has 1 heterocycles. The molecule has 0 radical (unpaired) electrons. The summed E-state index contributed by atoms with van der Waals surface area (Å²) in [5.74, 6) is 1.69. The lowest BCUT2D eigenvalue weighted by Crippen LogP contribution is -2.31. The summed E-state index contributed by atoms with van der Waals surface area (Å²) in [5.41, 5.74) is 0. The van der Waals surface area contributed by atoms with E-state index in [-0.39, 0.29) is 0 Å². The van der Waals surface area contributed by atoms with E-state index in [0.717, 1.165) is 31.6 Å². The van der Waals surface area contributed by atoms with Crippen molar-refractivity contribution in [3.05, 3.63) is 0 Å². The van der Waals surface area contributed by atoms with Gasteiger partial charge in [0.05, 0.1) is 0 Å². The molecule has 1 unspecified atom stereocenters. The topological polar surface area (TPSA) is 24.5 Å². The number of hydrogen-bond donors (Lipinski definition) is 1. The van der Waals surface area contributed by atoms with Gasteiger partial charge in [0.15, 0.2) is 0 Å². The average Bonchev–Trinajstić information content (AvgIpc) is 3.06.